The van der Waals surface area contributed by atoms with Crippen LogP contribution < -0.4 is 0 Å². The molecule has 0 saturated heterocycles. The molecular weight excluding hydrogens is 323 g/mol. The maximum Gasteiger partial charge on any atom is 0.172 e. The number of ketones is 1. The first kappa shape index (κ1) is 15.1. The van der Waals surface area contributed by atoms with Crippen molar-refractivity contribution in [1.29, 1.82) is 0 Å². The largest absolute Gasteiger partial charge is 0.341 e. The molecule has 2 aromatic carbocycles. The highest BCUT2D eigenvalue weighted by Crippen LogP contribution is 2.19. The molecule has 112 valence electrons. The SMILES string of the molecule is O=C(CSCc1nc2ccc(Cl)cc2[nH]1)c1ccc(F)cc1. The van der Waals surface area contributed by atoms with Crippen LogP contribution in [0.5, 0.6) is 0 Å². The number of nitrogens with zero attached hydrogens (tertiary/aromatic N) is 1. The molecule has 0 aliphatic heterocycles. The van der Waals surface area contributed by atoms with Crippen LogP contribution in [0.3, 0.4) is 0 Å². The van der Waals surface area contributed by atoms with E-state index >= 15 is 0 Å². The van der Waals surface area contributed by atoms with Gasteiger partial charge in [0.2, 0.25) is 0 Å². The summed E-state index contributed by atoms with van der Waals surface area (Å²) >= 11 is 7.39. The first-order valence-corrected chi connectivity index (χ1v) is 8.16. The van der Waals surface area contributed by atoms with Crippen LogP contribution in [0.25, 0.3) is 11.0 Å². The number of hydrogen-bond donors (Lipinski definition) is 1. The van der Waals surface area contributed by atoms with Gasteiger partial charge in [0.25, 0.3) is 0 Å². The van der Waals surface area contributed by atoms with Gasteiger partial charge in [0.15, 0.2) is 5.78 Å². The normalized spacial score (nSPS) is 11.0. The topological polar surface area (TPSA) is 45.8 Å². The standard InChI is InChI=1S/C16H12ClFN2OS/c17-11-3-6-13-14(7-11)20-16(19-13)9-22-8-15(21)10-1-4-12(18)5-2-10/h1-7H,8-9H2,(H,19,20). The number of aromatic nitrogens is 2. The van der Waals surface area contributed by atoms with E-state index in [0.717, 1.165) is 16.9 Å². The molecule has 0 aliphatic rings. The fourth-order valence-electron chi connectivity index (χ4n) is 2.06. The quantitative estimate of drug-likeness (QED) is 0.700. The molecule has 0 atom stereocenters. The third kappa shape index (κ3) is 3.48. The Labute approximate surface area is 135 Å². The third-order valence-electron chi connectivity index (χ3n) is 3.13. The van der Waals surface area contributed by atoms with Crippen molar-refractivity contribution < 1.29 is 9.18 Å². The van der Waals surface area contributed by atoms with Crippen LogP contribution in [0, 0.1) is 5.82 Å². The number of rotatable bonds is 5. The summed E-state index contributed by atoms with van der Waals surface area (Å²) in [7, 11) is 0. The molecule has 6 heteroatoms. The molecule has 0 fully saturated rings. The Balaban J connectivity index is 1.59. The lowest BCUT2D eigenvalue weighted by atomic mass is 10.1. The lowest BCUT2D eigenvalue weighted by molar-refractivity contribution is 0.102. The number of Topliss-reactive ketones (excluding diaryl/α,β-unsaturated/α-hetero) is 1. The summed E-state index contributed by atoms with van der Waals surface area (Å²) in [6.45, 7) is 0. The Morgan fingerprint density at radius 3 is 2.77 bits per heavy atom. The number of halogens is 2. The molecular formula is C16H12ClFN2OS. The third-order valence-corrected chi connectivity index (χ3v) is 4.31. The minimum absolute atomic E-state index is 0.0239. The number of aromatic amines is 1. The van der Waals surface area contributed by atoms with Gasteiger partial charge in [-0.25, -0.2) is 9.37 Å². The molecule has 0 spiro atoms. The van der Waals surface area contributed by atoms with Crippen molar-refractivity contribution in [2.24, 2.45) is 0 Å². The molecule has 1 N–H and O–H groups in total. The molecule has 1 heterocycles. The summed E-state index contributed by atoms with van der Waals surface area (Å²) in [5.41, 5.74) is 2.25. The Bertz CT molecular complexity index is 817. The molecule has 0 bridgehead atoms. The number of imidazole rings is 1. The summed E-state index contributed by atoms with van der Waals surface area (Å²) in [4.78, 5) is 19.6. The molecule has 0 saturated carbocycles. The second kappa shape index (κ2) is 6.50. The van der Waals surface area contributed by atoms with Crippen molar-refractivity contribution in [3.05, 3.63) is 64.7 Å². The number of thioether (sulfide) groups is 1. The number of fused-ring (bicyclic) bond motifs is 1. The zero-order chi connectivity index (χ0) is 15.5. The summed E-state index contributed by atoms with van der Waals surface area (Å²) in [5.74, 6) is 1.35. The van der Waals surface area contributed by atoms with E-state index in [0.29, 0.717) is 22.1 Å². The van der Waals surface area contributed by atoms with E-state index in [-0.39, 0.29) is 11.6 Å². The fraction of sp³-hybridized carbons (Fsp3) is 0.125. The van der Waals surface area contributed by atoms with Crippen LogP contribution in [0.4, 0.5) is 4.39 Å². The van der Waals surface area contributed by atoms with Crippen LogP contribution in [-0.4, -0.2) is 21.5 Å². The lowest BCUT2D eigenvalue weighted by Crippen LogP contribution is -2.02. The van der Waals surface area contributed by atoms with E-state index in [9.17, 15) is 9.18 Å². The van der Waals surface area contributed by atoms with Gasteiger partial charge in [-0.3, -0.25) is 4.79 Å². The summed E-state index contributed by atoms with van der Waals surface area (Å²) in [5, 5.41) is 0.654. The molecule has 0 amide bonds. The van der Waals surface area contributed by atoms with Crippen molar-refractivity contribution in [3.8, 4) is 0 Å². The maximum atomic E-state index is 12.8. The van der Waals surface area contributed by atoms with E-state index in [4.69, 9.17) is 11.6 Å². The summed E-state index contributed by atoms with van der Waals surface area (Å²) < 4.78 is 12.8. The molecule has 3 aromatic rings. The fourth-order valence-corrected chi connectivity index (χ4v) is 3.02. The first-order chi connectivity index (χ1) is 10.6. The summed E-state index contributed by atoms with van der Waals surface area (Å²) in [6.07, 6.45) is 0. The van der Waals surface area contributed by atoms with E-state index in [2.05, 4.69) is 9.97 Å². The van der Waals surface area contributed by atoms with Gasteiger partial charge in [0, 0.05) is 10.6 Å². The van der Waals surface area contributed by atoms with E-state index < -0.39 is 0 Å². The highest BCUT2D eigenvalue weighted by Gasteiger charge is 2.08. The second-order valence-corrected chi connectivity index (χ2v) is 6.19. The molecule has 3 rings (SSSR count). The maximum absolute atomic E-state index is 12.8. The highest BCUT2D eigenvalue weighted by molar-refractivity contribution is 7.99. The van der Waals surface area contributed by atoms with Gasteiger partial charge in [-0.2, -0.15) is 0 Å². The van der Waals surface area contributed by atoms with E-state index in [1.807, 2.05) is 12.1 Å². The molecule has 0 unspecified atom stereocenters. The first-order valence-electron chi connectivity index (χ1n) is 6.62. The molecule has 1 aromatic heterocycles. The van der Waals surface area contributed by atoms with Gasteiger partial charge in [0.05, 0.1) is 22.5 Å². The Morgan fingerprint density at radius 2 is 2.00 bits per heavy atom. The Morgan fingerprint density at radius 1 is 1.23 bits per heavy atom. The van der Waals surface area contributed by atoms with Crippen molar-refractivity contribution >= 4 is 40.2 Å². The molecule has 0 aliphatic carbocycles. The Hall–Kier alpha value is -1.85. The van der Waals surface area contributed by atoms with Crippen molar-refractivity contribution in [1.82, 2.24) is 9.97 Å². The van der Waals surface area contributed by atoms with E-state index in [1.165, 1.54) is 36.0 Å². The summed E-state index contributed by atoms with van der Waals surface area (Å²) in [6, 6.07) is 11.1. The Kier molecular flexibility index (Phi) is 4.45. The number of carbonyl (C=O) groups is 1. The van der Waals surface area contributed by atoms with Gasteiger partial charge in [-0.15, -0.1) is 11.8 Å². The van der Waals surface area contributed by atoms with Crippen LogP contribution in [0.1, 0.15) is 16.2 Å². The minimum atomic E-state index is -0.342. The van der Waals surface area contributed by atoms with Gasteiger partial charge in [-0.05, 0) is 42.5 Å². The molecule has 3 nitrogen and oxygen atoms in total. The number of hydrogen-bond acceptors (Lipinski definition) is 3. The zero-order valence-corrected chi connectivity index (χ0v) is 13.0. The highest BCUT2D eigenvalue weighted by atomic mass is 35.5. The van der Waals surface area contributed by atoms with Gasteiger partial charge >= 0.3 is 0 Å². The number of H-pyrrole nitrogens is 1. The molecule has 0 radical (unpaired) electrons. The minimum Gasteiger partial charge on any atom is -0.341 e. The van der Waals surface area contributed by atoms with Crippen molar-refractivity contribution in [2.75, 3.05) is 5.75 Å². The number of benzene rings is 2. The number of carbonyl (C=O) groups excluding carboxylic acids is 1. The van der Waals surface area contributed by atoms with Gasteiger partial charge in [-0.1, -0.05) is 11.6 Å². The van der Waals surface area contributed by atoms with E-state index in [1.54, 1.807) is 6.07 Å². The predicted molar refractivity (Wildman–Crippen MR) is 88.0 cm³/mol. The van der Waals surface area contributed by atoms with Gasteiger partial charge < -0.3 is 4.98 Å². The van der Waals surface area contributed by atoms with Crippen LogP contribution in [0.2, 0.25) is 5.02 Å². The van der Waals surface area contributed by atoms with Crippen molar-refractivity contribution in [2.45, 2.75) is 5.75 Å². The van der Waals surface area contributed by atoms with Crippen LogP contribution >= 0.6 is 23.4 Å². The van der Waals surface area contributed by atoms with Gasteiger partial charge in [0.1, 0.15) is 11.6 Å². The van der Waals surface area contributed by atoms with Crippen LogP contribution in [-0.2, 0) is 5.75 Å². The number of nitrogens with one attached hydrogen (secondary N) is 1. The molecule has 22 heavy (non-hydrogen) atoms. The van der Waals surface area contributed by atoms with Crippen molar-refractivity contribution in [3.63, 3.8) is 0 Å². The van der Waals surface area contributed by atoms with Crippen LogP contribution in [0.15, 0.2) is 42.5 Å². The average molecular weight is 335 g/mol. The second-order valence-electron chi connectivity index (χ2n) is 4.77. The average Bonchev–Trinajstić information content (AvgIpc) is 2.89. The predicted octanol–water partition coefficient (Wildman–Crippen LogP) is 4.47. The zero-order valence-electron chi connectivity index (χ0n) is 11.5. The monoisotopic (exact) mass is 334 g/mol. The smallest absolute Gasteiger partial charge is 0.172 e. The lowest BCUT2D eigenvalue weighted by Gasteiger charge is -2.00.